The van der Waals surface area contributed by atoms with Crippen LogP contribution in [0.1, 0.15) is 34.9 Å². The van der Waals surface area contributed by atoms with E-state index in [1.165, 1.54) is 24.3 Å². The zero-order valence-electron chi connectivity index (χ0n) is 19.4. The van der Waals surface area contributed by atoms with Crippen molar-refractivity contribution in [1.29, 1.82) is 0 Å². The van der Waals surface area contributed by atoms with Gasteiger partial charge in [0.05, 0.1) is 6.61 Å². The van der Waals surface area contributed by atoms with Gasteiger partial charge in [0.15, 0.2) is 0 Å². The summed E-state index contributed by atoms with van der Waals surface area (Å²) in [4.78, 5) is 18.4. The summed E-state index contributed by atoms with van der Waals surface area (Å²) in [5.74, 6) is -0.519. The van der Waals surface area contributed by atoms with Crippen LogP contribution in [0.25, 0.3) is 6.08 Å². The Hall–Kier alpha value is -2.87. The molecule has 3 aromatic rings. The van der Waals surface area contributed by atoms with E-state index >= 15 is 0 Å². The molecule has 0 saturated carbocycles. The molecule has 7 heteroatoms. The number of nitrogens with zero attached hydrogens (tertiary/aromatic N) is 2. The van der Waals surface area contributed by atoms with Crippen LogP contribution in [-0.2, 0) is 9.53 Å². The summed E-state index contributed by atoms with van der Waals surface area (Å²) in [7, 11) is 0. The van der Waals surface area contributed by atoms with Crippen molar-refractivity contribution in [2.24, 2.45) is 0 Å². The van der Waals surface area contributed by atoms with Crippen molar-refractivity contribution in [1.82, 2.24) is 9.80 Å². The highest BCUT2D eigenvalue weighted by Crippen LogP contribution is 2.31. The van der Waals surface area contributed by atoms with Crippen LogP contribution in [0.3, 0.4) is 0 Å². The van der Waals surface area contributed by atoms with Crippen LogP contribution in [0.5, 0.6) is 0 Å². The predicted molar refractivity (Wildman–Crippen MR) is 134 cm³/mol. The molecule has 2 aliphatic heterocycles. The molecule has 0 unspecified atom stereocenters. The van der Waals surface area contributed by atoms with E-state index in [0.29, 0.717) is 6.61 Å². The van der Waals surface area contributed by atoms with Crippen LogP contribution in [0.15, 0.2) is 72.1 Å². The molecule has 0 radical (unpaired) electrons. The van der Waals surface area contributed by atoms with Crippen molar-refractivity contribution >= 4 is 23.3 Å². The number of thiophene rings is 1. The van der Waals surface area contributed by atoms with Crippen LogP contribution in [-0.4, -0.2) is 54.0 Å². The number of ether oxygens (including phenoxy) is 1. The average molecular weight is 495 g/mol. The van der Waals surface area contributed by atoms with Crippen LogP contribution in [0, 0.1) is 11.6 Å². The van der Waals surface area contributed by atoms with Crippen molar-refractivity contribution in [3.05, 3.63) is 99.8 Å². The lowest BCUT2D eigenvalue weighted by atomic mass is 10.0. The van der Waals surface area contributed by atoms with Crippen molar-refractivity contribution in [3.8, 4) is 0 Å². The fourth-order valence-electron chi connectivity index (χ4n) is 5.12. The van der Waals surface area contributed by atoms with Gasteiger partial charge in [-0.25, -0.2) is 8.78 Å². The smallest absolute Gasteiger partial charge is 0.247 e. The maximum absolute atomic E-state index is 13.5. The first kappa shape index (κ1) is 23.9. The third-order valence-corrected chi connectivity index (χ3v) is 7.62. The van der Waals surface area contributed by atoms with Crippen molar-refractivity contribution in [2.75, 3.05) is 26.2 Å². The van der Waals surface area contributed by atoms with Gasteiger partial charge >= 0.3 is 0 Å². The van der Waals surface area contributed by atoms with E-state index in [0.717, 1.165) is 48.5 Å². The first-order valence-electron chi connectivity index (χ1n) is 12.0. The second-order valence-corrected chi connectivity index (χ2v) is 10.1. The van der Waals surface area contributed by atoms with Crippen LogP contribution in [0.2, 0.25) is 0 Å². The molecule has 0 spiro atoms. The summed E-state index contributed by atoms with van der Waals surface area (Å²) < 4.78 is 33.2. The van der Waals surface area contributed by atoms with E-state index in [1.807, 2.05) is 23.6 Å². The number of amides is 1. The molecule has 0 N–H and O–H groups in total. The lowest BCUT2D eigenvalue weighted by molar-refractivity contribution is -0.131. The Kier molecular flexibility index (Phi) is 7.37. The SMILES string of the molecule is O=C(/C=C/c1cccs1)N1[C@@H]2CC[C@H]1CN(CCOC(c1ccc(F)cc1)c1ccc(F)cc1)C2. The lowest BCUT2D eigenvalue weighted by Crippen LogP contribution is -2.55. The number of halogens is 2. The molecule has 1 aromatic heterocycles. The third kappa shape index (κ3) is 5.69. The number of carbonyl (C=O) groups is 1. The first-order valence-corrected chi connectivity index (χ1v) is 12.8. The fourth-order valence-corrected chi connectivity index (χ4v) is 5.74. The molecule has 4 nitrogen and oxygen atoms in total. The van der Waals surface area contributed by atoms with Gasteiger partial charge in [-0.1, -0.05) is 30.3 Å². The molecule has 2 saturated heterocycles. The molecule has 2 fully saturated rings. The van der Waals surface area contributed by atoms with E-state index in [-0.39, 0.29) is 29.6 Å². The number of hydrogen-bond donors (Lipinski definition) is 0. The minimum atomic E-state index is -0.404. The molecule has 1 amide bonds. The summed E-state index contributed by atoms with van der Waals surface area (Å²) in [5, 5.41) is 2.01. The van der Waals surface area contributed by atoms with Crippen LogP contribution < -0.4 is 0 Å². The zero-order chi connectivity index (χ0) is 24.2. The highest BCUT2D eigenvalue weighted by atomic mass is 32.1. The highest BCUT2D eigenvalue weighted by Gasteiger charge is 2.41. The number of carbonyl (C=O) groups excluding carboxylic acids is 1. The Morgan fingerprint density at radius 1 is 0.971 bits per heavy atom. The number of likely N-dealkylation sites (tertiary alicyclic amines) is 1. The summed E-state index contributed by atoms with van der Waals surface area (Å²) >= 11 is 1.62. The summed E-state index contributed by atoms with van der Waals surface area (Å²) in [6.45, 7) is 2.87. The van der Waals surface area contributed by atoms with Crippen LogP contribution in [0.4, 0.5) is 8.78 Å². The quantitative estimate of drug-likeness (QED) is 0.387. The van der Waals surface area contributed by atoms with Gasteiger partial charge in [-0.05, 0) is 65.8 Å². The predicted octanol–water partition coefficient (Wildman–Crippen LogP) is 5.52. The van der Waals surface area contributed by atoms with Gasteiger partial charge in [-0.3, -0.25) is 9.69 Å². The largest absolute Gasteiger partial charge is 0.367 e. The average Bonchev–Trinajstić information content (AvgIpc) is 3.48. The Bertz CT molecular complexity index is 1090. The van der Waals surface area contributed by atoms with E-state index in [9.17, 15) is 13.6 Å². The van der Waals surface area contributed by atoms with Gasteiger partial charge in [-0.2, -0.15) is 0 Å². The summed E-state index contributed by atoms with van der Waals surface area (Å²) in [6.07, 6.45) is 5.24. The Morgan fingerprint density at radius 3 is 2.11 bits per heavy atom. The highest BCUT2D eigenvalue weighted by molar-refractivity contribution is 7.10. The fraction of sp³-hybridized carbons (Fsp3) is 0.321. The maximum Gasteiger partial charge on any atom is 0.247 e. The monoisotopic (exact) mass is 494 g/mol. The molecule has 2 bridgehead atoms. The van der Waals surface area contributed by atoms with Crippen molar-refractivity contribution in [2.45, 2.75) is 31.0 Å². The number of rotatable bonds is 8. The second-order valence-electron chi connectivity index (χ2n) is 9.09. The minimum Gasteiger partial charge on any atom is -0.367 e. The second kappa shape index (κ2) is 10.8. The normalized spacial score (nSPS) is 20.3. The molecule has 2 atom stereocenters. The van der Waals surface area contributed by atoms with Gasteiger partial charge in [0.25, 0.3) is 0 Å². The molecule has 3 heterocycles. The Morgan fingerprint density at radius 2 is 1.57 bits per heavy atom. The molecule has 2 aliphatic rings. The van der Waals surface area contributed by atoms with Gasteiger partial charge < -0.3 is 9.64 Å². The minimum absolute atomic E-state index is 0.0921. The lowest BCUT2D eigenvalue weighted by Gasteiger charge is -2.40. The summed E-state index contributed by atoms with van der Waals surface area (Å²) in [6, 6.07) is 16.9. The Labute approximate surface area is 208 Å². The van der Waals surface area contributed by atoms with Gasteiger partial charge in [0.2, 0.25) is 5.91 Å². The molecule has 35 heavy (non-hydrogen) atoms. The molecular formula is C28H28F2N2O2S. The van der Waals surface area contributed by atoms with E-state index in [1.54, 1.807) is 41.7 Å². The van der Waals surface area contributed by atoms with Crippen molar-refractivity contribution < 1.29 is 18.3 Å². The maximum atomic E-state index is 13.5. The van der Waals surface area contributed by atoms with Crippen molar-refractivity contribution in [3.63, 3.8) is 0 Å². The topological polar surface area (TPSA) is 32.8 Å². The van der Waals surface area contributed by atoms with Gasteiger partial charge in [0, 0.05) is 42.7 Å². The standard InChI is InChI=1S/C28H28F2N2O2S/c29-22-7-3-20(4-8-22)28(21-5-9-23(30)10-6-21)34-16-15-31-18-24-11-12-25(19-31)32(24)27(33)14-13-26-2-1-17-35-26/h1-10,13-14,17,24-25,28H,11-12,15-16,18-19H2/b14-13+/t24-,25+. The van der Waals surface area contributed by atoms with E-state index < -0.39 is 6.10 Å². The zero-order valence-corrected chi connectivity index (χ0v) is 20.2. The number of fused-ring (bicyclic) bond motifs is 2. The molecule has 5 rings (SSSR count). The first-order chi connectivity index (χ1) is 17.1. The van der Waals surface area contributed by atoms with E-state index in [4.69, 9.17) is 4.74 Å². The summed E-state index contributed by atoms with van der Waals surface area (Å²) in [5.41, 5.74) is 1.65. The Balaban J connectivity index is 1.19. The van der Waals surface area contributed by atoms with Gasteiger partial charge in [-0.15, -0.1) is 11.3 Å². The van der Waals surface area contributed by atoms with Gasteiger partial charge in [0.1, 0.15) is 17.7 Å². The number of piperazine rings is 1. The van der Waals surface area contributed by atoms with E-state index in [2.05, 4.69) is 9.80 Å². The molecular weight excluding hydrogens is 466 g/mol. The molecule has 0 aliphatic carbocycles. The molecule has 2 aromatic carbocycles. The van der Waals surface area contributed by atoms with Crippen LogP contribution >= 0.6 is 11.3 Å². The third-order valence-electron chi connectivity index (χ3n) is 6.78. The number of benzene rings is 2. The number of hydrogen-bond acceptors (Lipinski definition) is 4. The molecule has 182 valence electrons.